The molecule has 0 saturated heterocycles. The van der Waals surface area contributed by atoms with Gasteiger partial charge in [-0.05, 0) is 43.4 Å². The highest BCUT2D eigenvalue weighted by molar-refractivity contribution is 7.92. The van der Waals surface area contributed by atoms with E-state index in [1.807, 2.05) is 64.1 Å². The Morgan fingerprint density at radius 1 is 1.03 bits per heavy atom. The molecule has 0 fully saturated rings. The summed E-state index contributed by atoms with van der Waals surface area (Å²) >= 11 is 0. The number of nitrogens with one attached hydrogen (secondary N) is 1. The predicted molar refractivity (Wildman–Crippen MR) is 137 cm³/mol. The Balaban J connectivity index is 2.40. The monoisotopic (exact) mass is 487 g/mol. The van der Waals surface area contributed by atoms with Crippen molar-refractivity contribution in [3.8, 4) is 0 Å². The number of aryl methyl sites for hydroxylation is 2. The molecular formula is C26H37N3O4S. The second-order valence-corrected chi connectivity index (χ2v) is 11.0. The van der Waals surface area contributed by atoms with Gasteiger partial charge in [-0.2, -0.15) is 0 Å². The third kappa shape index (κ3) is 7.58. The maximum atomic E-state index is 13.6. The summed E-state index contributed by atoms with van der Waals surface area (Å²) in [4.78, 5) is 27.9. The van der Waals surface area contributed by atoms with Crippen LogP contribution in [-0.2, 0) is 32.6 Å². The Labute approximate surface area is 204 Å². The fourth-order valence-electron chi connectivity index (χ4n) is 3.69. The molecule has 0 bridgehead atoms. The first-order valence-electron chi connectivity index (χ1n) is 11.6. The second-order valence-electron chi connectivity index (χ2n) is 9.08. The molecular weight excluding hydrogens is 450 g/mol. The summed E-state index contributed by atoms with van der Waals surface area (Å²) in [7, 11) is -3.74. The highest BCUT2D eigenvalue weighted by Gasteiger charge is 2.30. The number of hydrogen-bond donors (Lipinski definition) is 1. The molecule has 8 heteroatoms. The smallest absolute Gasteiger partial charge is 0.244 e. The summed E-state index contributed by atoms with van der Waals surface area (Å²) in [5.74, 6) is -0.442. The highest BCUT2D eigenvalue weighted by Crippen LogP contribution is 2.24. The van der Waals surface area contributed by atoms with Crippen molar-refractivity contribution in [2.45, 2.75) is 53.6 Å². The van der Waals surface area contributed by atoms with Crippen LogP contribution < -0.4 is 9.62 Å². The van der Waals surface area contributed by atoms with Gasteiger partial charge < -0.3 is 10.2 Å². The van der Waals surface area contributed by atoms with Gasteiger partial charge in [-0.3, -0.25) is 13.9 Å². The summed E-state index contributed by atoms with van der Waals surface area (Å²) in [5, 5.41) is 2.88. The zero-order chi connectivity index (χ0) is 25.5. The van der Waals surface area contributed by atoms with Gasteiger partial charge in [0.25, 0.3) is 0 Å². The number of carbonyl (C=O) groups excluding carboxylic acids is 2. The van der Waals surface area contributed by atoms with Gasteiger partial charge in [0.1, 0.15) is 12.6 Å². The van der Waals surface area contributed by atoms with Crippen molar-refractivity contribution in [3.05, 3.63) is 65.2 Å². The van der Waals surface area contributed by atoms with Gasteiger partial charge in [-0.25, -0.2) is 8.42 Å². The van der Waals surface area contributed by atoms with E-state index >= 15 is 0 Å². The van der Waals surface area contributed by atoms with Gasteiger partial charge in [-0.15, -0.1) is 0 Å². The zero-order valence-corrected chi connectivity index (χ0v) is 21.9. The van der Waals surface area contributed by atoms with Crippen LogP contribution in [0.1, 0.15) is 44.4 Å². The van der Waals surface area contributed by atoms with Crippen LogP contribution in [0, 0.1) is 12.8 Å². The van der Waals surface area contributed by atoms with E-state index in [9.17, 15) is 18.0 Å². The van der Waals surface area contributed by atoms with E-state index in [0.717, 1.165) is 27.3 Å². The SMILES string of the molecule is CCc1ccccc1N(CC(=O)N(Cc1cccc(C)c1)C(C)C(=O)NCC(C)C)S(C)(=O)=O. The van der Waals surface area contributed by atoms with Crippen LogP contribution in [-0.4, -0.2) is 50.5 Å². The van der Waals surface area contributed by atoms with Gasteiger partial charge in [0.05, 0.1) is 11.9 Å². The van der Waals surface area contributed by atoms with Crippen LogP contribution >= 0.6 is 0 Å². The minimum absolute atomic E-state index is 0.198. The molecule has 1 unspecified atom stereocenters. The number of para-hydroxylation sites is 1. The van der Waals surface area contributed by atoms with Gasteiger partial charge in [0.2, 0.25) is 21.8 Å². The molecule has 2 rings (SSSR count). The second kappa shape index (κ2) is 12.0. The van der Waals surface area contributed by atoms with E-state index in [0.29, 0.717) is 18.7 Å². The lowest BCUT2D eigenvalue weighted by molar-refractivity contribution is -0.139. The van der Waals surface area contributed by atoms with Gasteiger partial charge in [0, 0.05) is 13.1 Å². The van der Waals surface area contributed by atoms with Crippen molar-refractivity contribution >= 4 is 27.5 Å². The van der Waals surface area contributed by atoms with Crippen molar-refractivity contribution in [1.29, 1.82) is 0 Å². The Morgan fingerprint density at radius 3 is 2.29 bits per heavy atom. The number of rotatable bonds is 11. The van der Waals surface area contributed by atoms with Crippen LogP contribution in [0.15, 0.2) is 48.5 Å². The molecule has 34 heavy (non-hydrogen) atoms. The largest absolute Gasteiger partial charge is 0.354 e. The molecule has 0 aliphatic heterocycles. The lowest BCUT2D eigenvalue weighted by atomic mass is 10.1. The first-order valence-corrected chi connectivity index (χ1v) is 13.5. The minimum atomic E-state index is -3.74. The number of benzene rings is 2. The molecule has 2 aromatic carbocycles. The minimum Gasteiger partial charge on any atom is -0.354 e. The number of amides is 2. The first-order chi connectivity index (χ1) is 15.9. The van der Waals surface area contributed by atoms with Crippen LogP contribution in [0.4, 0.5) is 5.69 Å². The molecule has 1 atom stereocenters. The first kappa shape index (κ1) is 27.4. The highest BCUT2D eigenvalue weighted by atomic mass is 32.2. The normalized spacial score (nSPS) is 12.3. The molecule has 2 aromatic rings. The number of carbonyl (C=O) groups is 2. The van der Waals surface area contributed by atoms with E-state index in [2.05, 4.69) is 5.32 Å². The maximum Gasteiger partial charge on any atom is 0.244 e. The summed E-state index contributed by atoms with van der Waals surface area (Å²) in [6, 6.07) is 14.1. The standard InChI is InChI=1S/C26H37N3O4S/c1-7-23-13-8-9-14-24(23)29(34(6,32)33)18-25(30)28(17-22-12-10-11-20(4)15-22)21(5)26(31)27-16-19(2)3/h8-15,19,21H,7,16-18H2,1-6H3,(H,27,31). The molecule has 0 saturated carbocycles. The van der Waals surface area contributed by atoms with E-state index in [1.165, 1.54) is 4.90 Å². The molecule has 0 aromatic heterocycles. The van der Waals surface area contributed by atoms with Crippen LogP contribution in [0.2, 0.25) is 0 Å². The zero-order valence-electron chi connectivity index (χ0n) is 21.0. The Bertz CT molecular complexity index is 1100. The summed E-state index contributed by atoms with van der Waals surface area (Å²) in [6.07, 6.45) is 1.72. The summed E-state index contributed by atoms with van der Waals surface area (Å²) in [5.41, 5.74) is 3.22. The molecule has 1 N–H and O–H groups in total. The lowest BCUT2D eigenvalue weighted by Crippen LogP contribution is -2.51. The van der Waals surface area contributed by atoms with Gasteiger partial charge in [0.15, 0.2) is 0 Å². The lowest BCUT2D eigenvalue weighted by Gasteiger charge is -2.32. The van der Waals surface area contributed by atoms with E-state index < -0.39 is 22.0 Å². The molecule has 0 spiro atoms. The average molecular weight is 488 g/mol. The van der Waals surface area contributed by atoms with E-state index in [1.54, 1.807) is 19.1 Å². The molecule has 0 aliphatic rings. The Kier molecular flexibility index (Phi) is 9.67. The predicted octanol–water partition coefficient (Wildman–Crippen LogP) is 3.51. The third-order valence-corrected chi connectivity index (χ3v) is 6.73. The molecule has 0 heterocycles. The van der Waals surface area contributed by atoms with Crippen molar-refractivity contribution in [2.75, 3.05) is 23.7 Å². The number of anilines is 1. The van der Waals surface area contributed by atoms with Crippen molar-refractivity contribution < 1.29 is 18.0 Å². The third-order valence-electron chi connectivity index (χ3n) is 5.61. The number of nitrogens with zero attached hydrogens (tertiary/aromatic N) is 2. The molecule has 7 nitrogen and oxygen atoms in total. The van der Waals surface area contributed by atoms with E-state index in [-0.39, 0.29) is 24.9 Å². The molecule has 186 valence electrons. The maximum absolute atomic E-state index is 13.6. The fraction of sp³-hybridized carbons (Fsp3) is 0.462. The van der Waals surface area contributed by atoms with Crippen LogP contribution in [0.5, 0.6) is 0 Å². The Morgan fingerprint density at radius 2 is 1.71 bits per heavy atom. The summed E-state index contributed by atoms with van der Waals surface area (Å²) in [6.45, 7) is 9.87. The van der Waals surface area contributed by atoms with Gasteiger partial charge >= 0.3 is 0 Å². The summed E-state index contributed by atoms with van der Waals surface area (Å²) < 4.78 is 26.6. The van der Waals surface area contributed by atoms with Crippen molar-refractivity contribution in [1.82, 2.24) is 10.2 Å². The quantitative estimate of drug-likeness (QED) is 0.525. The van der Waals surface area contributed by atoms with Gasteiger partial charge in [-0.1, -0.05) is 68.8 Å². The average Bonchev–Trinajstić information content (AvgIpc) is 2.78. The fourth-order valence-corrected chi connectivity index (χ4v) is 4.57. The molecule has 0 aliphatic carbocycles. The number of sulfonamides is 1. The topological polar surface area (TPSA) is 86.8 Å². The molecule has 0 radical (unpaired) electrons. The van der Waals surface area contributed by atoms with Crippen LogP contribution in [0.3, 0.4) is 0 Å². The van der Waals surface area contributed by atoms with E-state index in [4.69, 9.17) is 0 Å². The van der Waals surface area contributed by atoms with Crippen molar-refractivity contribution in [2.24, 2.45) is 5.92 Å². The molecule has 2 amide bonds. The van der Waals surface area contributed by atoms with Crippen molar-refractivity contribution in [3.63, 3.8) is 0 Å². The van der Waals surface area contributed by atoms with Crippen LogP contribution in [0.25, 0.3) is 0 Å². The Hall–Kier alpha value is -2.87. The number of hydrogen-bond acceptors (Lipinski definition) is 4.